The summed E-state index contributed by atoms with van der Waals surface area (Å²) < 4.78 is 0. The third kappa shape index (κ3) is 5.86. The first-order valence-electron chi connectivity index (χ1n) is 4.44. The minimum atomic E-state index is -0.429. The predicted octanol–water partition coefficient (Wildman–Crippen LogP) is -0.545. The van der Waals surface area contributed by atoms with Gasteiger partial charge in [0.1, 0.15) is 0 Å². The van der Waals surface area contributed by atoms with Crippen molar-refractivity contribution in [3.63, 3.8) is 0 Å². The molecular weight excluding hydrogens is 253 g/mol. The smallest absolute Gasteiger partial charge is 0.362 e. The van der Waals surface area contributed by atoms with Gasteiger partial charge in [0.05, 0.1) is 0 Å². The van der Waals surface area contributed by atoms with Gasteiger partial charge in [-0.1, -0.05) is 19.6 Å². The molecule has 1 N–H and O–H groups in total. The van der Waals surface area contributed by atoms with Gasteiger partial charge in [-0.3, -0.25) is 0 Å². The van der Waals surface area contributed by atoms with Crippen LogP contribution in [0.4, 0.5) is 0 Å². The molecule has 0 saturated carbocycles. The van der Waals surface area contributed by atoms with Gasteiger partial charge in [-0.15, -0.1) is 5.92 Å². The number of hydrogen-bond donors (Lipinski definition) is 1. The zero-order valence-corrected chi connectivity index (χ0v) is 13.7. The Morgan fingerprint density at radius 3 is 2.22 bits per heavy atom. The zero-order valence-electron chi connectivity index (χ0n) is 10.6. The van der Waals surface area contributed by atoms with Crippen LogP contribution in [0, 0.1) is 49.9 Å². The van der Waals surface area contributed by atoms with Crippen LogP contribution < -0.4 is 51.4 Å². The van der Waals surface area contributed by atoms with Gasteiger partial charge in [0.2, 0.25) is 0 Å². The number of carbonyl (C=O) groups is 1. The van der Waals surface area contributed by atoms with E-state index >= 15 is 0 Å². The number of Topliss-reactive ketones (excluding diaryl/α,β-unsaturated/α-hetero) is 1. The molecule has 92 valence electrons. The van der Waals surface area contributed by atoms with Gasteiger partial charge in [0.25, 0.3) is 0 Å². The number of aryl methyl sites for hydroxylation is 2. The standard InChI is InChI=1S/C11H10N3O.CH4.CH3.K/c1-7-3-9(8(2)14-7)4-11(15)10(5-12)6-13;;;/h3,14H,4H2,1-2H3;1H4;1H3;/q-1;;-1;+1. The van der Waals surface area contributed by atoms with Gasteiger partial charge in [0, 0.05) is 23.6 Å². The maximum absolute atomic E-state index is 11.4. The molecule has 0 radical (unpaired) electrons. The molecule has 0 aliphatic rings. The van der Waals surface area contributed by atoms with Crippen molar-refractivity contribution in [2.24, 2.45) is 0 Å². The number of carbonyl (C=O) groups excluding carboxylic acids is 1. The molecule has 0 aliphatic carbocycles. The molecule has 0 bridgehead atoms. The first-order valence-corrected chi connectivity index (χ1v) is 4.44. The minimum Gasteiger partial charge on any atom is -0.362 e. The second-order valence-corrected chi connectivity index (χ2v) is 3.30. The van der Waals surface area contributed by atoms with E-state index in [9.17, 15) is 4.79 Å². The van der Waals surface area contributed by atoms with Gasteiger partial charge >= 0.3 is 51.4 Å². The van der Waals surface area contributed by atoms with Crippen LogP contribution >= 0.6 is 0 Å². The molecule has 0 aromatic carbocycles. The number of aromatic nitrogens is 1. The van der Waals surface area contributed by atoms with E-state index in [0.29, 0.717) is 0 Å². The Bertz CT molecular complexity index is 452. The van der Waals surface area contributed by atoms with E-state index in [0.717, 1.165) is 17.0 Å². The van der Waals surface area contributed by atoms with E-state index in [1.807, 2.05) is 19.9 Å². The van der Waals surface area contributed by atoms with E-state index < -0.39 is 5.78 Å². The average Bonchev–Trinajstić information content (AvgIpc) is 2.47. The molecule has 0 atom stereocenters. The largest absolute Gasteiger partial charge is 1.00 e. The van der Waals surface area contributed by atoms with E-state index in [4.69, 9.17) is 10.5 Å². The van der Waals surface area contributed by atoms with Crippen LogP contribution in [-0.2, 0) is 11.2 Å². The van der Waals surface area contributed by atoms with Crippen molar-refractivity contribution in [1.82, 2.24) is 4.98 Å². The zero-order chi connectivity index (χ0) is 11.4. The molecule has 0 saturated heterocycles. The molecule has 5 heteroatoms. The van der Waals surface area contributed by atoms with Crippen molar-refractivity contribution in [2.75, 3.05) is 0 Å². The molecule has 0 aliphatic heterocycles. The quantitative estimate of drug-likeness (QED) is 0.591. The number of aromatic amines is 1. The summed E-state index contributed by atoms with van der Waals surface area (Å²) in [5.41, 5.74) is 2.70. The third-order valence-corrected chi connectivity index (χ3v) is 2.11. The number of nitriles is 2. The Labute approximate surface area is 152 Å². The van der Waals surface area contributed by atoms with Gasteiger partial charge in [-0.05, 0) is 25.5 Å². The number of rotatable bonds is 3. The average molecular weight is 270 g/mol. The third-order valence-electron chi connectivity index (χ3n) is 2.11. The predicted molar refractivity (Wildman–Crippen MR) is 66.6 cm³/mol. The van der Waals surface area contributed by atoms with Crippen LogP contribution in [-0.4, -0.2) is 10.8 Å². The monoisotopic (exact) mass is 270 g/mol. The minimum absolute atomic E-state index is 0. The van der Waals surface area contributed by atoms with E-state index in [2.05, 4.69) is 4.98 Å². The Hall–Kier alpha value is -0.564. The van der Waals surface area contributed by atoms with Gasteiger partial charge in [-0.25, -0.2) is 10.5 Å². The van der Waals surface area contributed by atoms with Crippen LogP contribution in [0.3, 0.4) is 0 Å². The number of nitrogens with zero attached hydrogens (tertiary/aromatic N) is 2. The van der Waals surface area contributed by atoms with E-state index in [1.54, 1.807) is 12.1 Å². The van der Waals surface area contributed by atoms with Crippen LogP contribution in [0.1, 0.15) is 24.4 Å². The van der Waals surface area contributed by atoms with Gasteiger partial charge < -0.3 is 17.2 Å². The molecule has 1 rings (SSSR count). The fourth-order valence-electron chi connectivity index (χ4n) is 1.38. The van der Waals surface area contributed by atoms with Crippen molar-refractivity contribution in [2.45, 2.75) is 27.7 Å². The number of ketones is 1. The summed E-state index contributed by atoms with van der Waals surface area (Å²) in [4.78, 5) is 14.5. The maximum atomic E-state index is 11.4. The summed E-state index contributed by atoms with van der Waals surface area (Å²) in [6.45, 7) is 3.74. The van der Waals surface area contributed by atoms with Crippen molar-refractivity contribution < 1.29 is 56.2 Å². The molecule has 0 spiro atoms. The molecule has 1 heterocycles. The van der Waals surface area contributed by atoms with Crippen molar-refractivity contribution >= 4 is 5.78 Å². The Balaban J connectivity index is -0.000000750. The molecular formula is C13H17KN3O-. The first-order chi connectivity index (χ1) is 7.08. The molecule has 0 unspecified atom stereocenters. The fourth-order valence-corrected chi connectivity index (χ4v) is 1.38. The molecule has 0 amide bonds. The molecule has 0 fully saturated rings. The second kappa shape index (κ2) is 10.4. The van der Waals surface area contributed by atoms with Gasteiger partial charge in [0.15, 0.2) is 0 Å². The normalized spacial score (nSPS) is 7.56. The topological polar surface area (TPSA) is 80.4 Å². The summed E-state index contributed by atoms with van der Waals surface area (Å²) in [5, 5.41) is 17.0. The Kier molecular flexibility index (Phi) is 13.0. The Morgan fingerprint density at radius 1 is 1.39 bits per heavy atom. The van der Waals surface area contributed by atoms with Crippen LogP contribution in [0.15, 0.2) is 6.07 Å². The number of nitrogens with one attached hydrogen (secondary N) is 1. The maximum Gasteiger partial charge on any atom is 1.00 e. The molecule has 1 aromatic rings. The van der Waals surface area contributed by atoms with Crippen molar-refractivity contribution in [3.8, 4) is 12.1 Å². The molecule has 18 heavy (non-hydrogen) atoms. The Morgan fingerprint density at radius 2 is 1.89 bits per heavy atom. The van der Waals surface area contributed by atoms with Crippen molar-refractivity contribution in [3.05, 3.63) is 36.4 Å². The fraction of sp³-hybridized carbons (Fsp3) is 0.308. The summed E-state index contributed by atoms with van der Waals surface area (Å²) in [5.74, 6) is -0.768. The van der Waals surface area contributed by atoms with Crippen LogP contribution in [0.25, 0.3) is 0 Å². The summed E-state index contributed by atoms with van der Waals surface area (Å²) in [7, 11) is 0. The number of H-pyrrole nitrogens is 1. The van der Waals surface area contributed by atoms with Crippen molar-refractivity contribution in [1.29, 1.82) is 10.5 Å². The molecule has 1 aromatic heterocycles. The summed E-state index contributed by atoms with van der Waals surface area (Å²) in [6, 6.07) is 5.03. The first kappa shape index (κ1) is 22.6. The van der Waals surface area contributed by atoms with Crippen LogP contribution in [0.5, 0.6) is 0 Å². The second-order valence-electron chi connectivity index (χ2n) is 3.30. The molecule has 4 nitrogen and oxygen atoms in total. The SMILES string of the molecule is C.Cc1cc(CC(=O)[C-](C#N)C#N)c(C)[nH]1.[CH3-].[K+]. The van der Waals surface area contributed by atoms with Gasteiger partial charge in [-0.2, -0.15) is 0 Å². The van der Waals surface area contributed by atoms with E-state index in [1.165, 1.54) is 0 Å². The number of hydrogen-bond acceptors (Lipinski definition) is 3. The van der Waals surface area contributed by atoms with Crippen LogP contribution in [0.2, 0.25) is 0 Å². The van der Waals surface area contributed by atoms with E-state index in [-0.39, 0.29) is 78.6 Å². The summed E-state index contributed by atoms with van der Waals surface area (Å²) in [6.07, 6.45) is 0.104. The summed E-state index contributed by atoms with van der Waals surface area (Å²) >= 11 is 0.